The Hall–Kier alpha value is -1.04. The van der Waals surface area contributed by atoms with Gasteiger partial charge in [-0.15, -0.1) is 0 Å². The molecule has 5 heteroatoms. The van der Waals surface area contributed by atoms with Gasteiger partial charge in [-0.1, -0.05) is 30.3 Å². The first-order valence-corrected chi connectivity index (χ1v) is 8.35. The van der Waals surface area contributed by atoms with Crippen LogP contribution in [0.5, 0.6) is 0 Å². The molecule has 128 valence electrons. The summed E-state index contributed by atoms with van der Waals surface area (Å²) >= 11 is 0. The van der Waals surface area contributed by atoms with Crippen LogP contribution in [0.25, 0.3) is 0 Å². The maximum absolute atomic E-state index is 12.1. The number of amides is 1. The second-order valence-corrected chi connectivity index (χ2v) is 6.56. The van der Waals surface area contributed by atoms with Gasteiger partial charge in [0.25, 0.3) is 5.91 Å². The summed E-state index contributed by atoms with van der Waals surface area (Å²) in [5, 5.41) is 0. The Balaban J connectivity index is 0.00000192. The molecule has 0 bridgehead atoms. The van der Waals surface area contributed by atoms with Crippen molar-refractivity contribution >= 4 is 19.4 Å². The molecule has 0 aliphatic carbocycles. The smallest absolute Gasteiger partial charge is 0.251 e. The number of likely N-dealkylation sites (N-methyl/N-ethyl adjacent to an activating group) is 1. The van der Waals surface area contributed by atoms with Crippen molar-refractivity contribution in [3.8, 4) is 0 Å². The Kier molecular flexibility index (Phi) is 6.12. The lowest BCUT2D eigenvalue weighted by Crippen LogP contribution is -2.61. The summed E-state index contributed by atoms with van der Waals surface area (Å²) < 4.78 is 6.14. The van der Waals surface area contributed by atoms with Gasteiger partial charge in [-0.3, -0.25) is 9.69 Å². The molecule has 23 heavy (non-hydrogen) atoms. The fraction of sp³-hybridized carbons (Fsp3) is 0.611. The number of likely N-dealkylation sites (tertiary alicyclic amines) is 1. The first kappa shape index (κ1) is 18.3. The van der Waals surface area contributed by atoms with Gasteiger partial charge < -0.3 is 9.64 Å². The van der Waals surface area contributed by atoms with E-state index >= 15 is 0 Å². The summed E-state index contributed by atoms with van der Waals surface area (Å²) in [4.78, 5) is 16.5. The lowest BCUT2D eigenvalue weighted by molar-refractivity contribution is -0.189. The summed E-state index contributed by atoms with van der Waals surface area (Å²) in [5.41, 5.74) is 1.23. The van der Waals surface area contributed by atoms with Crippen LogP contribution >= 0.6 is 13.5 Å². The Morgan fingerprint density at radius 2 is 1.87 bits per heavy atom. The fourth-order valence-corrected chi connectivity index (χ4v) is 3.65. The highest BCUT2D eigenvalue weighted by molar-refractivity contribution is 7.59. The van der Waals surface area contributed by atoms with Crippen molar-refractivity contribution in [1.29, 1.82) is 0 Å². The fourth-order valence-electron chi connectivity index (χ4n) is 3.65. The van der Waals surface area contributed by atoms with E-state index in [1.54, 1.807) is 0 Å². The number of hydrogen-bond donors (Lipinski definition) is 0. The average molecular weight is 337 g/mol. The van der Waals surface area contributed by atoms with Gasteiger partial charge in [0.05, 0.1) is 5.60 Å². The predicted octanol–water partition coefficient (Wildman–Crippen LogP) is 2.40. The second kappa shape index (κ2) is 7.69. The number of carbonyl (C=O) groups excluding carboxylic acids is 1. The zero-order chi connectivity index (χ0) is 15.6. The molecule has 2 aliphatic rings. The van der Waals surface area contributed by atoms with Gasteiger partial charge in [0.15, 0.2) is 0 Å². The summed E-state index contributed by atoms with van der Waals surface area (Å²) in [6.45, 7) is 8.55. The predicted molar refractivity (Wildman–Crippen MR) is 96.9 cm³/mol. The summed E-state index contributed by atoms with van der Waals surface area (Å²) in [6.07, 6.45) is 1.72. The molecule has 2 heterocycles. The molecule has 1 amide bonds. The zero-order valence-corrected chi connectivity index (χ0v) is 15.1. The highest BCUT2D eigenvalue weighted by Gasteiger charge is 2.44. The monoisotopic (exact) mass is 336 g/mol. The minimum atomic E-state index is -0.297. The van der Waals surface area contributed by atoms with Crippen LogP contribution in [0, 0.1) is 0 Å². The molecule has 0 radical (unpaired) electrons. The number of morpholine rings is 1. The average Bonchev–Trinajstić information content (AvgIpc) is 2.54. The Labute approximate surface area is 146 Å². The van der Waals surface area contributed by atoms with Gasteiger partial charge in [-0.05, 0) is 32.3 Å². The molecule has 1 aromatic rings. The highest BCUT2D eigenvalue weighted by Crippen LogP contribution is 2.33. The minimum Gasteiger partial charge on any atom is -0.360 e. The van der Waals surface area contributed by atoms with Crippen molar-refractivity contribution < 1.29 is 9.53 Å². The molecule has 0 N–H and O–H groups in total. The Bertz CT molecular complexity index is 515. The van der Waals surface area contributed by atoms with E-state index < -0.39 is 0 Å². The summed E-state index contributed by atoms with van der Waals surface area (Å²) in [5.74, 6) is 0.139. The van der Waals surface area contributed by atoms with Crippen LogP contribution in [-0.4, -0.2) is 53.6 Å². The van der Waals surface area contributed by atoms with Crippen LogP contribution in [0.3, 0.4) is 0 Å². The largest absolute Gasteiger partial charge is 0.360 e. The molecule has 1 aromatic carbocycles. The molecule has 0 saturated carbocycles. The Morgan fingerprint density at radius 3 is 2.48 bits per heavy atom. The molecule has 2 saturated heterocycles. The van der Waals surface area contributed by atoms with Crippen LogP contribution in [0.1, 0.15) is 32.3 Å². The normalized spacial score (nSPS) is 24.5. The van der Waals surface area contributed by atoms with Crippen molar-refractivity contribution in [1.82, 2.24) is 9.80 Å². The first-order chi connectivity index (χ1) is 10.6. The maximum Gasteiger partial charge on any atom is 0.251 e. The van der Waals surface area contributed by atoms with E-state index in [-0.39, 0.29) is 31.1 Å². The van der Waals surface area contributed by atoms with Crippen molar-refractivity contribution in [3.05, 3.63) is 35.9 Å². The minimum absolute atomic E-state index is 0. The van der Waals surface area contributed by atoms with Crippen LogP contribution in [0.4, 0.5) is 0 Å². The summed E-state index contributed by atoms with van der Waals surface area (Å²) in [6, 6.07) is 10.6. The van der Waals surface area contributed by atoms with Gasteiger partial charge in [-0.25, -0.2) is 0 Å². The molecule has 1 spiro atoms. The molecule has 0 aromatic heterocycles. The van der Waals surface area contributed by atoms with Crippen LogP contribution in [0.2, 0.25) is 0 Å². The molecule has 4 nitrogen and oxygen atoms in total. The number of nitrogens with zero attached hydrogens (tertiary/aromatic N) is 2. The number of rotatable bonds is 3. The number of hydrogen-bond acceptors (Lipinski definition) is 3. The van der Waals surface area contributed by atoms with E-state index in [2.05, 4.69) is 35.2 Å². The maximum atomic E-state index is 12.1. The lowest BCUT2D eigenvalue weighted by Gasteiger charge is -2.49. The summed E-state index contributed by atoms with van der Waals surface area (Å²) in [7, 11) is 0. The molecule has 2 aliphatic heterocycles. The second-order valence-electron chi connectivity index (χ2n) is 6.56. The van der Waals surface area contributed by atoms with Gasteiger partial charge in [-0.2, -0.15) is 13.5 Å². The molecule has 1 atom stereocenters. The molecule has 2 fully saturated rings. The SMILES string of the molecule is CCN1CC2(CCN(Cc3ccccc3)CC2)O[C@@H](C)C1=O.S. The number of piperidine rings is 1. The third-order valence-corrected chi connectivity index (χ3v) is 4.96. The van der Waals surface area contributed by atoms with E-state index in [1.165, 1.54) is 5.56 Å². The lowest BCUT2D eigenvalue weighted by atomic mass is 9.88. The molecular weight excluding hydrogens is 308 g/mol. The van der Waals surface area contributed by atoms with E-state index in [4.69, 9.17) is 4.74 Å². The van der Waals surface area contributed by atoms with Crippen molar-refractivity contribution in [2.24, 2.45) is 0 Å². The van der Waals surface area contributed by atoms with Crippen LogP contribution < -0.4 is 0 Å². The zero-order valence-electron chi connectivity index (χ0n) is 14.1. The van der Waals surface area contributed by atoms with Gasteiger partial charge in [0.1, 0.15) is 6.10 Å². The Morgan fingerprint density at radius 1 is 1.22 bits per heavy atom. The van der Waals surface area contributed by atoms with Crippen molar-refractivity contribution in [3.63, 3.8) is 0 Å². The van der Waals surface area contributed by atoms with E-state index in [1.807, 2.05) is 18.7 Å². The van der Waals surface area contributed by atoms with Gasteiger partial charge >= 0.3 is 0 Å². The first-order valence-electron chi connectivity index (χ1n) is 8.35. The topological polar surface area (TPSA) is 32.8 Å². The van der Waals surface area contributed by atoms with E-state index in [9.17, 15) is 4.79 Å². The van der Waals surface area contributed by atoms with Crippen molar-refractivity contribution in [2.45, 2.75) is 44.9 Å². The highest BCUT2D eigenvalue weighted by atomic mass is 32.1. The third kappa shape index (κ3) is 4.08. The standard InChI is InChI=1S/C18H26N2O2.H2S/c1-3-20-14-18(22-15(2)17(20)21)9-11-19(12-10-18)13-16-7-5-4-6-8-16;/h4-8,15H,3,9-14H2,1-2H3;1H2/t15-;/m0./s1. The molecule has 3 rings (SSSR count). The number of carbonyl (C=O) groups is 1. The van der Waals surface area contributed by atoms with Crippen molar-refractivity contribution in [2.75, 3.05) is 26.2 Å². The van der Waals surface area contributed by atoms with Crippen LogP contribution in [0.15, 0.2) is 30.3 Å². The number of ether oxygens (including phenoxy) is 1. The van der Waals surface area contributed by atoms with Gasteiger partial charge in [0, 0.05) is 32.7 Å². The number of benzene rings is 1. The third-order valence-electron chi connectivity index (χ3n) is 4.96. The van der Waals surface area contributed by atoms with Gasteiger partial charge in [0.2, 0.25) is 0 Å². The van der Waals surface area contributed by atoms with E-state index in [0.717, 1.165) is 45.6 Å². The molecule has 0 unspecified atom stereocenters. The van der Waals surface area contributed by atoms with Crippen LogP contribution in [-0.2, 0) is 16.1 Å². The molecular formula is C18H28N2O2S. The van der Waals surface area contributed by atoms with E-state index in [0.29, 0.717) is 0 Å². The quantitative estimate of drug-likeness (QED) is 0.850.